The lowest BCUT2D eigenvalue weighted by Gasteiger charge is -2.18. The zero-order chi connectivity index (χ0) is 22.3. The second-order valence-corrected chi connectivity index (χ2v) is 6.43. The first kappa shape index (κ1) is 22.4. The Balaban J connectivity index is 2.22. The summed E-state index contributed by atoms with van der Waals surface area (Å²) in [4.78, 5) is 13.8. The normalized spacial score (nSPS) is 11.0. The number of para-hydroxylation sites is 1. The Labute approximate surface area is 178 Å². The number of nitriles is 2. The fourth-order valence-corrected chi connectivity index (χ4v) is 2.67. The Hall–Kier alpha value is -3.88. The molecule has 2 aromatic carbocycles. The summed E-state index contributed by atoms with van der Waals surface area (Å²) >= 11 is 6.00. The predicted molar refractivity (Wildman–Crippen MR) is 109 cm³/mol. The average molecular weight is 428 g/mol. The summed E-state index contributed by atoms with van der Waals surface area (Å²) in [6, 6.07) is 12.7. The summed E-state index contributed by atoms with van der Waals surface area (Å²) in [5, 5.41) is 39.3. The lowest BCUT2D eigenvalue weighted by Crippen LogP contribution is -2.32. The zero-order valence-electron chi connectivity index (χ0n) is 16.2. The van der Waals surface area contributed by atoms with E-state index in [1.807, 2.05) is 0 Å². The van der Waals surface area contributed by atoms with E-state index in [1.54, 1.807) is 36.4 Å². The van der Waals surface area contributed by atoms with Crippen LogP contribution in [0.2, 0.25) is 5.02 Å². The number of phenolic OH excluding ortho intramolecular Hbond substituents is 1. The number of carbonyl (C=O) groups excluding carboxylic acids is 1. The van der Waals surface area contributed by atoms with Crippen LogP contribution in [0.5, 0.6) is 17.2 Å². The van der Waals surface area contributed by atoms with Gasteiger partial charge in [-0.05, 0) is 24.3 Å². The molecule has 0 aliphatic heterocycles. The Morgan fingerprint density at radius 1 is 1.23 bits per heavy atom. The van der Waals surface area contributed by atoms with Gasteiger partial charge in [0.1, 0.15) is 30.3 Å². The highest BCUT2D eigenvalue weighted by Crippen LogP contribution is 2.33. The standard InChI is InChI=1S/C21H18ClN3O5/c1-25(7-8-30-17-6-4-3-5-16(17)22)21(28)15(12-24)19(26)13-9-14(11-23)20(27)18(10-13)29-2/h3-6,9-10,26-27H,7-8H2,1-2H3/b19-15-. The van der Waals surface area contributed by atoms with Crippen molar-refractivity contribution < 1.29 is 24.5 Å². The van der Waals surface area contributed by atoms with Gasteiger partial charge in [0.25, 0.3) is 5.91 Å². The lowest BCUT2D eigenvalue weighted by atomic mass is 10.0. The smallest absolute Gasteiger partial charge is 0.268 e. The van der Waals surface area contributed by atoms with Crippen molar-refractivity contribution in [3.05, 3.63) is 58.1 Å². The Kier molecular flexibility index (Phi) is 7.51. The highest BCUT2D eigenvalue weighted by molar-refractivity contribution is 6.32. The molecular formula is C21H18ClN3O5. The molecule has 30 heavy (non-hydrogen) atoms. The maximum absolute atomic E-state index is 12.6. The van der Waals surface area contributed by atoms with Crippen LogP contribution >= 0.6 is 11.6 Å². The molecule has 2 rings (SSSR count). The van der Waals surface area contributed by atoms with E-state index in [0.29, 0.717) is 10.8 Å². The number of ether oxygens (including phenoxy) is 2. The molecule has 0 saturated carbocycles. The number of hydrogen-bond donors (Lipinski definition) is 2. The maximum Gasteiger partial charge on any atom is 0.268 e. The number of likely N-dealkylation sites (N-methyl/N-ethyl adjacent to an activating group) is 1. The number of methoxy groups -OCH3 is 1. The third-order valence-corrected chi connectivity index (χ3v) is 4.43. The van der Waals surface area contributed by atoms with E-state index < -0.39 is 23.0 Å². The molecule has 0 spiro atoms. The highest BCUT2D eigenvalue weighted by atomic mass is 35.5. The Morgan fingerprint density at radius 3 is 2.53 bits per heavy atom. The first-order chi connectivity index (χ1) is 14.3. The van der Waals surface area contributed by atoms with E-state index in [0.717, 1.165) is 6.07 Å². The van der Waals surface area contributed by atoms with Crippen molar-refractivity contribution in [2.45, 2.75) is 0 Å². The number of carbonyl (C=O) groups is 1. The first-order valence-electron chi connectivity index (χ1n) is 8.61. The summed E-state index contributed by atoms with van der Waals surface area (Å²) in [5.74, 6) is -1.42. The monoisotopic (exact) mass is 427 g/mol. The van der Waals surface area contributed by atoms with Gasteiger partial charge >= 0.3 is 0 Å². The summed E-state index contributed by atoms with van der Waals surface area (Å²) < 4.78 is 10.5. The first-order valence-corrected chi connectivity index (χ1v) is 8.99. The van der Waals surface area contributed by atoms with Gasteiger partial charge in [-0.3, -0.25) is 4.79 Å². The van der Waals surface area contributed by atoms with E-state index in [1.165, 1.54) is 25.1 Å². The SMILES string of the molecule is COc1cc(/C(O)=C(\C#N)C(=O)N(C)CCOc2ccccc2Cl)cc(C#N)c1O. The number of benzene rings is 2. The van der Waals surface area contributed by atoms with Crippen LogP contribution in [0.1, 0.15) is 11.1 Å². The number of halogens is 1. The zero-order valence-corrected chi connectivity index (χ0v) is 17.0. The molecule has 9 heteroatoms. The van der Waals surface area contributed by atoms with Gasteiger partial charge in [0.2, 0.25) is 0 Å². The van der Waals surface area contributed by atoms with Gasteiger partial charge in [-0.1, -0.05) is 23.7 Å². The third kappa shape index (κ3) is 4.93. The van der Waals surface area contributed by atoms with Gasteiger partial charge in [-0.15, -0.1) is 0 Å². The molecule has 1 amide bonds. The summed E-state index contributed by atoms with van der Waals surface area (Å²) in [5.41, 5.74) is -0.735. The van der Waals surface area contributed by atoms with E-state index in [2.05, 4.69) is 0 Å². The molecule has 2 N–H and O–H groups in total. The topological polar surface area (TPSA) is 127 Å². The Morgan fingerprint density at radius 2 is 1.93 bits per heavy atom. The minimum absolute atomic E-state index is 0.0215. The van der Waals surface area contributed by atoms with Gasteiger partial charge < -0.3 is 24.6 Å². The number of aromatic hydroxyl groups is 1. The van der Waals surface area contributed by atoms with Crippen molar-refractivity contribution in [1.29, 1.82) is 10.5 Å². The van der Waals surface area contributed by atoms with Gasteiger partial charge in [0.15, 0.2) is 17.1 Å². The molecule has 0 aliphatic rings. The quantitative estimate of drug-likeness (QED) is 0.394. The Bertz CT molecular complexity index is 1070. The number of amides is 1. The van der Waals surface area contributed by atoms with Crippen molar-refractivity contribution in [2.75, 3.05) is 27.3 Å². The molecule has 154 valence electrons. The number of aliphatic hydroxyl groups excluding tert-OH is 1. The van der Waals surface area contributed by atoms with Crippen molar-refractivity contribution in [3.63, 3.8) is 0 Å². The molecule has 0 unspecified atom stereocenters. The molecular weight excluding hydrogens is 410 g/mol. The van der Waals surface area contributed by atoms with E-state index in [9.17, 15) is 20.3 Å². The fraction of sp³-hybridized carbons (Fsp3) is 0.190. The molecule has 0 heterocycles. The molecule has 0 bridgehead atoms. The van der Waals surface area contributed by atoms with Crippen LogP contribution in [-0.2, 0) is 4.79 Å². The van der Waals surface area contributed by atoms with Gasteiger partial charge in [-0.25, -0.2) is 0 Å². The second kappa shape index (κ2) is 10.1. The van der Waals surface area contributed by atoms with Crippen molar-refractivity contribution >= 4 is 23.3 Å². The second-order valence-electron chi connectivity index (χ2n) is 6.03. The number of rotatable bonds is 7. The van der Waals surface area contributed by atoms with E-state index in [4.69, 9.17) is 26.3 Å². The van der Waals surface area contributed by atoms with Crippen molar-refractivity contribution in [1.82, 2.24) is 4.90 Å². The molecule has 0 saturated heterocycles. The third-order valence-electron chi connectivity index (χ3n) is 4.12. The van der Waals surface area contributed by atoms with Gasteiger partial charge in [0.05, 0.1) is 24.2 Å². The molecule has 0 radical (unpaired) electrons. The summed E-state index contributed by atoms with van der Waals surface area (Å²) in [7, 11) is 2.71. The van der Waals surface area contributed by atoms with Crippen LogP contribution in [0, 0.1) is 22.7 Å². The van der Waals surface area contributed by atoms with Crippen LogP contribution in [0.4, 0.5) is 0 Å². The molecule has 0 aliphatic carbocycles. The molecule has 0 atom stereocenters. The van der Waals surface area contributed by atoms with Gasteiger partial charge in [0, 0.05) is 12.6 Å². The van der Waals surface area contributed by atoms with Crippen LogP contribution in [0.25, 0.3) is 5.76 Å². The van der Waals surface area contributed by atoms with Crippen molar-refractivity contribution in [2.24, 2.45) is 0 Å². The largest absolute Gasteiger partial charge is 0.506 e. The molecule has 2 aromatic rings. The summed E-state index contributed by atoms with van der Waals surface area (Å²) in [6.07, 6.45) is 0. The maximum atomic E-state index is 12.6. The minimum atomic E-state index is -0.747. The van der Waals surface area contributed by atoms with E-state index >= 15 is 0 Å². The lowest BCUT2D eigenvalue weighted by molar-refractivity contribution is -0.125. The number of phenols is 1. The summed E-state index contributed by atoms with van der Waals surface area (Å²) in [6.45, 7) is 0.224. The van der Waals surface area contributed by atoms with E-state index in [-0.39, 0.29) is 30.0 Å². The van der Waals surface area contributed by atoms with Gasteiger partial charge in [-0.2, -0.15) is 10.5 Å². The van der Waals surface area contributed by atoms with Crippen molar-refractivity contribution in [3.8, 4) is 29.4 Å². The minimum Gasteiger partial charge on any atom is -0.506 e. The molecule has 0 fully saturated rings. The highest BCUT2D eigenvalue weighted by Gasteiger charge is 2.22. The van der Waals surface area contributed by atoms with Crippen LogP contribution < -0.4 is 9.47 Å². The van der Waals surface area contributed by atoms with Crippen LogP contribution in [0.15, 0.2) is 42.0 Å². The van der Waals surface area contributed by atoms with Crippen LogP contribution in [0.3, 0.4) is 0 Å². The number of aliphatic hydroxyl groups is 1. The predicted octanol–water partition coefficient (Wildman–Crippen LogP) is 3.26. The average Bonchev–Trinajstić information content (AvgIpc) is 2.75. The number of hydrogen-bond acceptors (Lipinski definition) is 7. The molecule has 8 nitrogen and oxygen atoms in total. The van der Waals surface area contributed by atoms with Crippen LogP contribution in [-0.4, -0.2) is 48.3 Å². The fourth-order valence-electron chi connectivity index (χ4n) is 2.48. The number of nitrogens with zero attached hydrogens (tertiary/aromatic N) is 3. The molecule has 0 aromatic heterocycles.